The molecule has 1 aromatic heterocycles. The number of rotatable bonds is 7. The van der Waals surface area contributed by atoms with E-state index in [0.29, 0.717) is 23.3 Å². The van der Waals surface area contributed by atoms with Gasteiger partial charge in [-0.2, -0.15) is 0 Å². The number of carbonyl (C=O) groups excluding carboxylic acids is 2. The summed E-state index contributed by atoms with van der Waals surface area (Å²) in [5, 5.41) is 3.04. The molecule has 0 aliphatic rings. The lowest BCUT2D eigenvalue weighted by molar-refractivity contribution is -0.154. The summed E-state index contributed by atoms with van der Waals surface area (Å²) in [5.74, 6) is -0.521. The molecular weight excluding hydrogens is 310 g/mol. The summed E-state index contributed by atoms with van der Waals surface area (Å²) in [6.07, 6.45) is 0.884. The van der Waals surface area contributed by atoms with Crippen LogP contribution in [0.4, 0.5) is 0 Å². The molecule has 1 aromatic carbocycles. The number of benzene rings is 1. The number of amides is 1. The van der Waals surface area contributed by atoms with Crippen LogP contribution in [0.3, 0.4) is 0 Å². The molecule has 0 saturated carbocycles. The number of aromatic nitrogens is 2. The number of hydrogen-bond donors (Lipinski definition) is 2. The van der Waals surface area contributed by atoms with Gasteiger partial charge in [0, 0.05) is 13.0 Å². The van der Waals surface area contributed by atoms with Gasteiger partial charge in [0.25, 0.3) is 11.5 Å². The zero-order valence-electron chi connectivity index (χ0n) is 13.4. The van der Waals surface area contributed by atoms with Gasteiger partial charge >= 0.3 is 5.97 Å². The van der Waals surface area contributed by atoms with E-state index in [9.17, 15) is 14.4 Å². The summed E-state index contributed by atoms with van der Waals surface area (Å²) >= 11 is 0. The predicted molar refractivity (Wildman–Crippen MR) is 89.4 cm³/mol. The van der Waals surface area contributed by atoms with Crippen LogP contribution >= 0.6 is 0 Å². The third kappa shape index (κ3) is 4.52. The molecule has 0 fully saturated rings. The Labute approximate surface area is 138 Å². The first-order valence-electron chi connectivity index (χ1n) is 7.57. The van der Waals surface area contributed by atoms with E-state index in [-0.39, 0.29) is 24.3 Å². The second-order valence-corrected chi connectivity index (χ2v) is 5.20. The van der Waals surface area contributed by atoms with Crippen LogP contribution in [0.2, 0.25) is 0 Å². The molecule has 0 radical (unpaired) electrons. The van der Waals surface area contributed by atoms with Gasteiger partial charge in [-0.1, -0.05) is 18.2 Å². The van der Waals surface area contributed by atoms with Crippen molar-refractivity contribution in [1.29, 1.82) is 0 Å². The molecule has 1 amide bonds. The van der Waals surface area contributed by atoms with Gasteiger partial charge in [0.05, 0.1) is 17.3 Å². The van der Waals surface area contributed by atoms with Crippen LogP contribution in [-0.4, -0.2) is 34.5 Å². The van der Waals surface area contributed by atoms with Gasteiger partial charge < -0.3 is 15.0 Å². The molecule has 0 spiro atoms. The highest BCUT2D eigenvalue weighted by Crippen LogP contribution is 2.07. The van der Waals surface area contributed by atoms with Crippen molar-refractivity contribution in [2.45, 2.75) is 25.9 Å². The van der Waals surface area contributed by atoms with E-state index in [2.05, 4.69) is 21.9 Å². The number of carbonyl (C=O) groups is 2. The Morgan fingerprint density at radius 3 is 2.92 bits per heavy atom. The number of ether oxygens (including phenoxy) is 1. The summed E-state index contributed by atoms with van der Waals surface area (Å²) in [5.41, 5.74) is 0.322. The first-order chi connectivity index (χ1) is 11.5. The van der Waals surface area contributed by atoms with Crippen molar-refractivity contribution >= 4 is 22.8 Å². The molecule has 7 heteroatoms. The fourth-order valence-electron chi connectivity index (χ4n) is 2.10. The number of esters is 1. The van der Waals surface area contributed by atoms with E-state index in [0.717, 1.165) is 0 Å². The molecule has 0 saturated heterocycles. The fourth-order valence-corrected chi connectivity index (χ4v) is 2.10. The number of hydrogen-bond acceptors (Lipinski definition) is 5. The highest BCUT2D eigenvalue weighted by atomic mass is 16.5. The summed E-state index contributed by atoms with van der Waals surface area (Å²) in [4.78, 5) is 42.3. The molecule has 24 heavy (non-hydrogen) atoms. The Balaban J connectivity index is 1.93. The molecule has 0 aliphatic heterocycles. The predicted octanol–water partition coefficient (Wildman–Crippen LogP) is 1.09. The van der Waals surface area contributed by atoms with E-state index in [4.69, 9.17) is 4.74 Å². The Hall–Kier alpha value is -2.96. The first-order valence-corrected chi connectivity index (χ1v) is 7.57. The van der Waals surface area contributed by atoms with Crippen LogP contribution in [-0.2, 0) is 20.7 Å². The van der Waals surface area contributed by atoms with Crippen LogP contribution < -0.4 is 10.9 Å². The fraction of sp³-hybridized carbons (Fsp3) is 0.294. The molecule has 0 aliphatic carbocycles. The average molecular weight is 329 g/mol. The third-order valence-corrected chi connectivity index (χ3v) is 3.33. The minimum absolute atomic E-state index is 0.0142. The number of H-pyrrole nitrogens is 1. The van der Waals surface area contributed by atoms with Gasteiger partial charge in [-0.15, -0.1) is 6.58 Å². The number of nitrogens with zero attached hydrogens (tertiary/aromatic N) is 1. The van der Waals surface area contributed by atoms with E-state index >= 15 is 0 Å². The SMILES string of the molecule is C=CCNC(=O)[C@H](C)OC(=O)CCc1nc2ccccc2c(=O)[nH]1. The molecule has 0 unspecified atom stereocenters. The standard InChI is InChI=1S/C17H19N3O4/c1-3-10-18-16(22)11(2)24-15(21)9-8-14-19-13-7-5-4-6-12(13)17(23)20-14/h3-7,11H,1,8-10H2,2H3,(H,18,22)(H,19,20,23)/t11-/m0/s1. The van der Waals surface area contributed by atoms with Crippen LogP contribution in [0.25, 0.3) is 10.9 Å². The minimum atomic E-state index is -0.888. The summed E-state index contributed by atoms with van der Waals surface area (Å²) in [6.45, 7) is 5.29. The van der Waals surface area contributed by atoms with E-state index in [1.165, 1.54) is 13.0 Å². The second kappa shape index (κ2) is 8.05. The van der Waals surface area contributed by atoms with Gasteiger partial charge in [0.15, 0.2) is 6.10 Å². The summed E-state index contributed by atoms with van der Waals surface area (Å²) in [7, 11) is 0. The Morgan fingerprint density at radius 2 is 2.17 bits per heavy atom. The van der Waals surface area contributed by atoms with E-state index in [1.54, 1.807) is 24.3 Å². The topological polar surface area (TPSA) is 101 Å². The smallest absolute Gasteiger partial charge is 0.307 e. The zero-order valence-corrected chi connectivity index (χ0v) is 13.4. The van der Waals surface area contributed by atoms with Gasteiger partial charge in [0.1, 0.15) is 5.82 Å². The Bertz CT molecular complexity index is 813. The molecule has 2 aromatic rings. The van der Waals surface area contributed by atoms with Crippen molar-refractivity contribution in [3.63, 3.8) is 0 Å². The van der Waals surface area contributed by atoms with Crippen molar-refractivity contribution in [1.82, 2.24) is 15.3 Å². The molecule has 7 nitrogen and oxygen atoms in total. The number of aromatic amines is 1. The monoisotopic (exact) mass is 329 g/mol. The lowest BCUT2D eigenvalue weighted by Crippen LogP contribution is -2.35. The van der Waals surface area contributed by atoms with Crippen molar-refractivity contribution in [3.8, 4) is 0 Å². The molecule has 2 N–H and O–H groups in total. The second-order valence-electron chi connectivity index (χ2n) is 5.20. The van der Waals surface area contributed by atoms with Gasteiger partial charge in [0.2, 0.25) is 0 Å². The minimum Gasteiger partial charge on any atom is -0.453 e. The van der Waals surface area contributed by atoms with Gasteiger partial charge in [-0.05, 0) is 19.1 Å². The van der Waals surface area contributed by atoms with Crippen LogP contribution in [0.1, 0.15) is 19.2 Å². The molecule has 2 rings (SSSR count). The number of aryl methyl sites for hydroxylation is 1. The maximum absolute atomic E-state index is 11.9. The lowest BCUT2D eigenvalue weighted by atomic mass is 10.2. The van der Waals surface area contributed by atoms with Crippen molar-refractivity contribution < 1.29 is 14.3 Å². The van der Waals surface area contributed by atoms with E-state index < -0.39 is 12.1 Å². The zero-order chi connectivity index (χ0) is 17.5. The first kappa shape index (κ1) is 17.4. The van der Waals surface area contributed by atoms with Crippen molar-refractivity contribution in [3.05, 3.63) is 53.1 Å². The Kier molecular flexibility index (Phi) is 5.83. The molecule has 0 bridgehead atoms. The normalized spacial score (nSPS) is 11.7. The summed E-state index contributed by atoms with van der Waals surface area (Å²) in [6, 6.07) is 6.96. The van der Waals surface area contributed by atoms with Crippen LogP contribution in [0.15, 0.2) is 41.7 Å². The van der Waals surface area contributed by atoms with Crippen LogP contribution in [0, 0.1) is 0 Å². The lowest BCUT2D eigenvalue weighted by Gasteiger charge is -2.12. The largest absolute Gasteiger partial charge is 0.453 e. The van der Waals surface area contributed by atoms with Crippen molar-refractivity contribution in [2.75, 3.05) is 6.54 Å². The number of para-hydroxylation sites is 1. The quantitative estimate of drug-likeness (QED) is 0.585. The average Bonchev–Trinajstić information content (AvgIpc) is 2.57. The number of fused-ring (bicyclic) bond motifs is 1. The maximum atomic E-state index is 11.9. The summed E-state index contributed by atoms with van der Waals surface area (Å²) < 4.78 is 5.04. The highest BCUT2D eigenvalue weighted by molar-refractivity contribution is 5.83. The maximum Gasteiger partial charge on any atom is 0.307 e. The molecule has 1 heterocycles. The number of nitrogens with one attached hydrogen (secondary N) is 2. The van der Waals surface area contributed by atoms with Crippen molar-refractivity contribution in [2.24, 2.45) is 0 Å². The van der Waals surface area contributed by atoms with Gasteiger partial charge in [-0.3, -0.25) is 14.4 Å². The molecule has 1 atom stereocenters. The van der Waals surface area contributed by atoms with E-state index in [1.807, 2.05) is 0 Å². The third-order valence-electron chi connectivity index (χ3n) is 3.33. The molecular formula is C17H19N3O4. The molecule has 126 valence electrons. The highest BCUT2D eigenvalue weighted by Gasteiger charge is 2.17. The Morgan fingerprint density at radius 1 is 1.42 bits per heavy atom. The van der Waals surface area contributed by atoms with Gasteiger partial charge in [-0.25, -0.2) is 4.98 Å². The van der Waals surface area contributed by atoms with Crippen LogP contribution in [0.5, 0.6) is 0 Å².